The fraction of sp³-hybridized carbons (Fsp3) is 0.350. The number of hydrogen-bond acceptors (Lipinski definition) is 7. The number of ether oxygens (including phenoxy) is 2. The quantitative estimate of drug-likeness (QED) is 0.583. The Bertz CT molecular complexity index is 979. The number of rotatable bonds is 7. The second-order valence-corrected chi connectivity index (χ2v) is 8.62. The highest BCUT2D eigenvalue weighted by Gasteiger charge is 2.18. The first kappa shape index (κ1) is 20.3. The zero-order valence-electron chi connectivity index (χ0n) is 16.5. The fourth-order valence-electron chi connectivity index (χ4n) is 2.72. The zero-order chi connectivity index (χ0) is 20.3. The Kier molecular flexibility index (Phi) is 6.31. The molecule has 3 aromatic rings. The summed E-state index contributed by atoms with van der Waals surface area (Å²) < 4.78 is 10.7. The molecule has 0 spiro atoms. The van der Waals surface area contributed by atoms with Crippen molar-refractivity contribution in [1.29, 1.82) is 0 Å². The van der Waals surface area contributed by atoms with Crippen molar-refractivity contribution in [2.75, 3.05) is 19.5 Å². The first-order valence-electron chi connectivity index (χ1n) is 8.86. The Hall–Kier alpha value is -2.45. The highest BCUT2D eigenvalue weighted by Crippen LogP contribution is 2.35. The van der Waals surface area contributed by atoms with E-state index in [-0.39, 0.29) is 5.91 Å². The lowest BCUT2D eigenvalue weighted by Gasteiger charge is -2.08. The third-order valence-electron chi connectivity index (χ3n) is 4.04. The van der Waals surface area contributed by atoms with Crippen molar-refractivity contribution in [3.05, 3.63) is 39.2 Å². The van der Waals surface area contributed by atoms with Gasteiger partial charge in [0.2, 0.25) is 0 Å². The Labute approximate surface area is 172 Å². The number of methoxy groups -OCH3 is 2. The van der Waals surface area contributed by atoms with Crippen LogP contribution in [0.1, 0.15) is 34.2 Å². The van der Waals surface area contributed by atoms with Gasteiger partial charge in [-0.2, -0.15) is 0 Å². The van der Waals surface area contributed by atoms with Crippen molar-refractivity contribution in [2.45, 2.75) is 27.2 Å². The lowest BCUT2D eigenvalue weighted by Crippen LogP contribution is -2.11. The van der Waals surface area contributed by atoms with Crippen molar-refractivity contribution in [3.8, 4) is 22.8 Å². The molecule has 0 aliphatic carbocycles. The summed E-state index contributed by atoms with van der Waals surface area (Å²) in [4.78, 5) is 22.4. The normalized spacial score (nSPS) is 10.9. The van der Waals surface area contributed by atoms with Gasteiger partial charge in [0.15, 0.2) is 5.13 Å². The predicted molar refractivity (Wildman–Crippen MR) is 114 cm³/mol. The lowest BCUT2D eigenvalue weighted by atomic mass is 10.1. The van der Waals surface area contributed by atoms with E-state index in [4.69, 9.17) is 9.47 Å². The minimum atomic E-state index is -0.177. The van der Waals surface area contributed by atoms with Crippen LogP contribution in [0.3, 0.4) is 0 Å². The van der Waals surface area contributed by atoms with Crippen molar-refractivity contribution in [1.82, 2.24) is 9.97 Å². The third-order valence-corrected chi connectivity index (χ3v) is 5.97. The Morgan fingerprint density at radius 3 is 2.68 bits per heavy atom. The van der Waals surface area contributed by atoms with Gasteiger partial charge in [-0.1, -0.05) is 13.8 Å². The molecular weight excluding hydrogens is 394 g/mol. The van der Waals surface area contributed by atoms with Gasteiger partial charge in [0.05, 0.1) is 30.6 Å². The molecule has 0 saturated carbocycles. The molecule has 0 aliphatic heterocycles. The molecule has 0 saturated heterocycles. The van der Waals surface area contributed by atoms with E-state index >= 15 is 0 Å². The van der Waals surface area contributed by atoms with Gasteiger partial charge in [-0.05, 0) is 31.0 Å². The number of carbonyl (C=O) groups is 1. The summed E-state index contributed by atoms with van der Waals surface area (Å²) in [6.07, 6.45) is 0.871. The van der Waals surface area contributed by atoms with E-state index in [0.717, 1.165) is 28.4 Å². The Morgan fingerprint density at radius 2 is 2.00 bits per heavy atom. The summed E-state index contributed by atoms with van der Waals surface area (Å²) in [6, 6.07) is 5.53. The van der Waals surface area contributed by atoms with E-state index in [1.165, 1.54) is 22.7 Å². The van der Waals surface area contributed by atoms with Crippen LogP contribution in [0, 0.1) is 12.8 Å². The molecule has 28 heavy (non-hydrogen) atoms. The molecule has 3 rings (SSSR count). The number of benzene rings is 1. The number of carbonyl (C=O) groups excluding carboxylic acids is 1. The molecule has 0 unspecified atom stereocenters. The van der Waals surface area contributed by atoms with Crippen molar-refractivity contribution >= 4 is 33.7 Å². The smallest absolute Gasteiger partial charge is 0.269 e. The van der Waals surface area contributed by atoms with Crippen LogP contribution in [0.25, 0.3) is 11.3 Å². The fourth-order valence-corrected chi connectivity index (χ4v) is 4.60. The van der Waals surface area contributed by atoms with Crippen LogP contribution in [0.4, 0.5) is 5.13 Å². The SMILES string of the molecule is COc1ccc(OC)c(-c2csc(NC(=O)c3sc(CC(C)C)nc3C)n2)c1. The molecule has 0 bridgehead atoms. The largest absolute Gasteiger partial charge is 0.497 e. The van der Waals surface area contributed by atoms with Crippen LogP contribution < -0.4 is 14.8 Å². The number of amides is 1. The zero-order valence-corrected chi connectivity index (χ0v) is 18.2. The Morgan fingerprint density at radius 1 is 1.21 bits per heavy atom. The highest BCUT2D eigenvalue weighted by atomic mass is 32.1. The van der Waals surface area contributed by atoms with Crippen LogP contribution in [0.2, 0.25) is 0 Å². The van der Waals surface area contributed by atoms with Crippen LogP contribution >= 0.6 is 22.7 Å². The topological polar surface area (TPSA) is 73.3 Å². The minimum Gasteiger partial charge on any atom is -0.497 e. The van der Waals surface area contributed by atoms with Crippen LogP contribution in [0.5, 0.6) is 11.5 Å². The monoisotopic (exact) mass is 417 g/mol. The predicted octanol–water partition coefficient (Wildman–Crippen LogP) is 5.04. The van der Waals surface area contributed by atoms with E-state index in [9.17, 15) is 4.79 Å². The maximum atomic E-state index is 12.7. The standard InChI is InChI=1S/C20H23N3O3S2/c1-11(2)8-17-21-12(3)18(28-17)19(24)23-20-22-15(10-27-20)14-9-13(25-4)6-7-16(14)26-5/h6-7,9-11H,8H2,1-5H3,(H,22,23,24). The minimum absolute atomic E-state index is 0.177. The molecule has 1 aromatic carbocycles. The number of thiazole rings is 2. The Balaban J connectivity index is 1.80. The number of aryl methyl sites for hydroxylation is 1. The van der Waals surface area contributed by atoms with E-state index in [1.54, 1.807) is 14.2 Å². The van der Waals surface area contributed by atoms with Crippen LogP contribution in [0.15, 0.2) is 23.6 Å². The summed E-state index contributed by atoms with van der Waals surface area (Å²) in [6.45, 7) is 6.14. The maximum Gasteiger partial charge on any atom is 0.269 e. The van der Waals surface area contributed by atoms with Crippen LogP contribution in [-0.4, -0.2) is 30.1 Å². The van der Waals surface area contributed by atoms with Crippen molar-refractivity contribution in [3.63, 3.8) is 0 Å². The van der Waals surface area contributed by atoms with E-state index in [1.807, 2.05) is 30.5 Å². The number of anilines is 1. The molecule has 0 fully saturated rings. The summed E-state index contributed by atoms with van der Waals surface area (Å²) in [7, 11) is 3.23. The number of aromatic nitrogens is 2. The van der Waals surface area contributed by atoms with Gasteiger partial charge >= 0.3 is 0 Å². The number of hydrogen-bond donors (Lipinski definition) is 1. The van der Waals surface area contributed by atoms with Gasteiger partial charge < -0.3 is 9.47 Å². The molecule has 0 aliphatic rings. The average molecular weight is 418 g/mol. The molecule has 1 amide bonds. The van der Waals surface area contributed by atoms with Crippen molar-refractivity contribution < 1.29 is 14.3 Å². The van der Waals surface area contributed by atoms with E-state index in [0.29, 0.717) is 27.4 Å². The molecule has 1 N–H and O–H groups in total. The first-order valence-corrected chi connectivity index (χ1v) is 10.6. The van der Waals surface area contributed by atoms with E-state index < -0.39 is 0 Å². The summed E-state index contributed by atoms with van der Waals surface area (Å²) in [5, 5.41) is 6.29. The van der Waals surface area contributed by atoms with Gasteiger partial charge in [-0.25, -0.2) is 9.97 Å². The lowest BCUT2D eigenvalue weighted by molar-refractivity contribution is 0.103. The summed E-state index contributed by atoms with van der Waals surface area (Å²) >= 11 is 2.81. The van der Waals surface area contributed by atoms with Gasteiger partial charge in [0.1, 0.15) is 16.4 Å². The van der Waals surface area contributed by atoms with Gasteiger partial charge in [-0.15, -0.1) is 22.7 Å². The molecular formula is C20H23N3O3S2. The highest BCUT2D eigenvalue weighted by molar-refractivity contribution is 7.15. The van der Waals surface area contributed by atoms with Gasteiger partial charge in [0, 0.05) is 17.4 Å². The molecule has 8 heteroatoms. The molecule has 2 aromatic heterocycles. The second kappa shape index (κ2) is 8.70. The number of nitrogens with one attached hydrogen (secondary N) is 1. The van der Waals surface area contributed by atoms with Crippen LogP contribution in [-0.2, 0) is 6.42 Å². The molecule has 0 radical (unpaired) electrons. The third kappa shape index (κ3) is 4.51. The van der Waals surface area contributed by atoms with E-state index in [2.05, 4.69) is 29.1 Å². The average Bonchev–Trinajstić information content (AvgIpc) is 3.27. The van der Waals surface area contributed by atoms with Gasteiger partial charge in [-0.3, -0.25) is 10.1 Å². The maximum absolute atomic E-state index is 12.7. The van der Waals surface area contributed by atoms with Crippen molar-refractivity contribution in [2.24, 2.45) is 5.92 Å². The second-order valence-electron chi connectivity index (χ2n) is 6.68. The molecule has 6 nitrogen and oxygen atoms in total. The molecule has 148 valence electrons. The summed E-state index contributed by atoms with van der Waals surface area (Å²) in [5.74, 6) is 1.73. The summed E-state index contributed by atoms with van der Waals surface area (Å²) in [5.41, 5.74) is 2.29. The molecule has 2 heterocycles. The molecule has 0 atom stereocenters. The first-order chi connectivity index (χ1) is 13.4. The number of nitrogens with zero attached hydrogens (tertiary/aromatic N) is 2. The van der Waals surface area contributed by atoms with Gasteiger partial charge in [0.25, 0.3) is 5.91 Å².